The van der Waals surface area contributed by atoms with Crippen molar-refractivity contribution in [1.29, 1.82) is 0 Å². The molecule has 1 atom stereocenters. The van der Waals surface area contributed by atoms with Crippen LogP contribution in [0, 0.1) is 0 Å². The van der Waals surface area contributed by atoms with E-state index < -0.39 is 0 Å². The van der Waals surface area contributed by atoms with Gasteiger partial charge in [0.2, 0.25) is 0 Å². The van der Waals surface area contributed by atoms with E-state index in [1.54, 1.807) is 0 Å². The van der Waals surface area contributed by atoms with Crippen LogP contribution in [0.2, 0.25) is 0 Å². The van der Waals surface area contributed by atoms with Crippen molar-refractivity contribution >= 4 is 0 Å². The minimum atomic E-state index is 0.519. The van der Waals surface area contributed by atoms with E-state index in [0.29, 0.717) is 12.6 Å². The van der Waals surface area contributed by atoms with Crippen LogP contribution < -0.4 is 10.1 Å². The van der Waals surface area contributed by atoms with E-state index in [-0.39, 0.29) is 0 Å². The van der Waals surface area contributed by atoms with Gasteiger partial charge in [-0.25, -0.2) is 0 Å². The molecule has 18 heavy (non-hydrogen) atoms. The third-order valence-corrected chi connectivity index (χ3v) is 3.33. The molecule has 2 aromatic rings. The first-order valence-corrected chi connectivity index (χ1v) is 6.42. The van der Waals surface area contributed by atoms with E-state index in [4.69, 9.17) is 4.74 Å². The summed E-state index contributed by atoms with van der Waals surface area (Å²) in [6.07, 6.45) is 1.22. The summed E-state index contributed by atoms with van der Waals surface area (Å²) in [5.74, 6) is 0.949. The molecule has 0 amide bonds. The predicted molar refractivity (Wildman–Crippen MR) is 72.6 cm³/mol. The molecule has 1 saturated heterocycles. The number of nitrogens with one attached hydrogen (secondary N) is 1. The van der Waals surface area contributed by atoms with Gasteiger partial charge in [0.1, 0.15) is 12.4 Å². The maximum absolute atomic E-state index is 5.82. The third kappa shape index (κ3) is 2.54. The first-order valence-electron chi connectivity index (χ1n) is 6.42. The zero-order chi connectivity index (χ0) is 12.2. The van der Waals surface area contributed by atoms with Gasteiger partial charge in [-0.1, -0.05) is 42.5 Å². The summed E-state index contributed by atoms with van der Waals surface area (Å²) in [6, 6.07) is 19.2. The smallest absolute Gasteiger partial charge is 0.120 e. The molecule has 1 heterocycles. The largest absolute Gasteiger partial charge is 0.489 e. The molecule has 1 fully saturated rings. The predicted octanol–water partition coefficient (Wildman–Crippen LogP) is 3.30. The highest BCUT2D eigenvalue weighted by molar-refractivity contribution is 5.31. The van der Waals surface area contributed by atoms with Crippen molar-refractivity contribution in [2.75, 3.05) is 6.54 Å². The zero-order valence-corrected chi connectivity index (χ0v) is 10.3. The van der Waals surface area contributed by atoms with Crippen molar-refractivity contribution in [1.82, 2.24) is 5.32 Å². The standard InChI is InChI=1S/C16H17NO/c1-2-5-13(6-3-1)12-18-15-8-4-7-14(11-15)16-9-10-17-16/h1-8,11,16-17H,9-10,12H2/t16-/m1/s1. The molecule has 0 aliphatic carbocycles. The van der Waals surface area contributed by atoms with E-state index in [1.807, 2.05) is 24.3 Å². The van der Waals surface area contributed by atoms with Crippen molar-refractivity contribution < 1.29 is 4.74 Å². The van der Waals surface area contributed by atoms with E-state index in [1.165, 1.54) is 17.5 Å². The summed E-state index contributed by atoms with van der Waals surface area (Å²) in [7, 11) is 0. The molecular weight excluding hydrogens is 222 g/mol. The summed E-state index contributed by atoms with van der Waals surface area (Å²) >= 11 is 0. The lowest BCUT2D eigenvalue weighted by molar-refractivity contribution is 0.304. The van der Waals surface area contributed by atoms with Crippen LogP contribution in [-0.4, -0.2) is 6.54 Å². The third-order valence-electron chi connectivity index (χ3n) is 3.33. The summed E-state index contributed by atoms with van der Waals surface area (Å²) in [5, 5.41) is 3.41. The number of rotatable bonds is 4. The lowest BCUT2D eigenvalue weighted by Crippen LogP contribution is -2.34. The van der Waals surface area contributed by atoms with Crippen LogP contribution in [0.15, 0.2) is 54.6 Å². The highest BCUT2D eigenvalue weighted by Crippen LogP contribution is 2.26. The molecule has 92 valence electrons. The topological polar surface area (TPSA) is 21.3 Å². The van der Waals surface area contributed by atoms with Crippen LogP contribution in [0.5, 0.6) is 5.75 Å². The molecule has 1 aliphatic rings. The van der Waals surface area contributed by atoms with Gasteiger partial charge in [0, 0.05) is 6.04 Å². The zero-order valence-electron chi connectivity index (χ0n) is 10.3. The SMILES string of the molecule is c1ccc(COc2cccc([C@H]3CCN3)c2)cc1. The molecule has 2 nitrogen and oxygen atoms in total. The van der Waals surface area contributed by atoms with Gasteiger partial charge in [0.25, 0.3) is 0 Å². The van der Waals surface area contributed by atoms with Gasteiger partial charge in [0.05, 0.1) is 0 Å². The fourth-order valence-electron chi connectivity index (χ4n) is 2.14. The van der Waals surface area contributed by atoms with E-state index in [2.05, 4.69) is 35.6 Å². The molecule has 0 bridgehead atoms. The van der Waals surface area contributed by atoms with Gasteiger partial charge < -0.3 is 10.1 Å². The number of hydrogen-bond donors (Lipinski definition) is 1. The van der Waals surface area contributed by atoms with Crippen molar-refractivity contribution in [3.63, 3.8) is 0 Å². The lowest BCUT2D eigenvalue weighted by atomic mass is 9.98. The molecule has 2 heteroatoms. The minimum absolute atomic E-state index is 0.519. The normalized spacial score (nSPS) is 18.1. The van der Waals surface area contributed by atoms with Gasteiger partial charge in [-0.15, -0.1) is 0 Å². The van der Waals surface area contributed by atoms with Crippen LogP contribution >= 0.6 is 0 Å². The van der Waals surface area contributed by atoms with Crippen LogP contribution in [0.25, 0.3) is 0 Å². The van der Waals surface area contributed by atoms with E-state index >= 15 is 0 Å². The van der Waals surface area contributed by atoms with Gasteiger partial charge in [-0.3, -0.25) is 0 Å². The van der Waals surface area contributed by atoms with Crippen LogP contribution in [-0.2, 0) is 6.61 Å². The summed E-state index contributed by atoms with van der Waals surface area (Å²) in [4.78, 5) is 0. The van der Waals surface area contributed by atoms with E-state index in [9.17, 15) is 0 Å². The molecule has 0 unspecified atom stereocenters. The Labute approximate surface area is 108 Å². The summed E-state index contributed by atoms with van der Waals surface area (Å²) < 4.78 is 5.82. The first kappa shape index (κ1) is 11.3. The molecule has 3 rings (SSSR count). The lowest BCUT2D eigenvalue weighted by Gasteiger charge is -2.28. The number of benzene rings is 2. The Morgan fingerprint density at radius 3 is 2.61 bits per heavy atom. The second-order valence-corrected chi connectivity index (χ2v) is 4.64. The Balaban J connectivity index is 1.65. The van der Waals surface area contributed by atoms with Gasteiger partial charge in [0.15, 0.2) is 0 Å². The second-order valence-electron chi connectivity index (χ2n) is 4.64. The van der Waals surface area contributed by atoms with Crippen LogP contribution in [0.3, 0.4) is 0 Å². The number of ether oxygens (including phenoxy) is 1. The van der Waals surface area contributed by atoms with Crippen molar-refractivity contribution in [3.8, 4) is 5.75 Å². The average molecular weight is 239 g/mol. The average Bonchev–Trinajstić information content (AvgIpc) is 2.36. The number of hydrogen-bond acceptors (Lipinski definition) is 2. The Morgan fingerprint density at radius 2 is 1.89 bits per heavy atom. The quantitative estimate of drug-likeness (QED) is 0.884. The Kier molecular flexibility index (Phi) is 3.29. The molecule has 1 aliphatic heterocycles. The van der Waals surface area contributed by atoms with E-state index in [0.717, 1.165) is 12.3 Å². The van der Waals surface area contributed by atoms with Crippen molar-refractivity contribution in [2.24, 2.45) is 0 Å². The maximum Gasteiger partial charge on any atom is 0.120 e. The minimum Gasteiger partial charge on any atom is -0.489 e. The molecule has 0 saturated carbocycles. The Hall–Kier alpha value is -1.80. The fraction of sp³-hybridized carbons (Fsp3) is 0.250. The molecular formula is C16H17NO. The van der Waals surface area contributed by atoms with Crippen molar-refractivity contribution in [2.45, 2.75) is 19.1 Å². The molecule has 0 radical (unpaired) electrons. The Morgan fingerprint density at radius 1 is 1.06 bits per heavy atom. The van der Waals surface area contributed by atoms with Gasteiger partial charge in [-0.05, 0) is 36.2 Å². The van der Waals surface area contributed by atoms with Crippen LogP contribution in [0.4, 0.5) is 0 Å². The van der Waals surface area contributed by atoms with Crippen molar-refractivity contribution in [3.05, 3.63) is 65.7 Å². The second kappa shape index (κ2) is 5.23. The molecule has 0 spiro atoms. The highest BCUT2D eigenvalue weighted by Gasteiger charge is 2.18. The van der Waals surface area contributed by atoms with Crippen LogP contribution in [0.1, 0.15) is 23.6 Å². The molecule has 0 aromatic heterocycles. The first-order chi connectivity index (χ1) is 8.92. The van der Waals surface area contributed by atoms with Gasteiger partial charge >= 0.3 is 0 Å². The monoisotopic (exact) mass is 239 g/mol. The maximum atomic E-state index is 5.82. The fourth-order valence-corrected chi connectivity index (χ4v) is 2.14. The molecule has 1 N–H and O–H groups in total. The Bertz CT molecular complexity index is 506. The summed E-state index contributed by atoms with van der Waals surface area (Å²) in [6.45, 7) is 1.75. The molecule has 2 aromatic carbocycles. The van der Waals surface area contributed by atoms with Gasteiger partial charge in [-0.2, -0.15) is 0 Å². The summed E-state index contributed by atoms with van der Waals surface area (Å²) in [5.41, 5.74) is 2.52. The highest BCUT2D eigenvalue weighted by atomic mass is 16.5.